The molecule has 1 heterocycles. The first-order valence-corrected chi connectivity index (χ1v) is 5.48. The number of ether oxygens (including phenoxy) is 1. The van der Waals surface area contributed by atoms with Crippen LogP contribution in [0.25, 0.3) is 0 Å². The van der Waals surface area contributed by atoms with Crippen molar-refractivity contribution in [1.82, 2.24) is 4.98 Å². The van der Waals surface area contributed by atoms with Gasteiger partial charge in [0.25, 0.3) is 0 Å². The molecule has 1 aromatic rings. The number of anilines is 1. The number of nitrogens with zero attached hydrogens (tertiary/aromatic N) is 2. The van der Waals surface area contributed by atoms with Gasteiger partial charge in [-0.2, -0.15) is 0 Å². The van der Waals surface area contributed by atoms with Crippen molar-refractivity contribution in [2.75, 3.05) is 32.6 Å². The van der Waals surface area contributed by atoms with Crippen LogP contribution in [0.2, 0.25) is 0 Å². The van der Waals surface area contributed by atoms with E-state index >= 15 is 0 Å². The lowest BCUT2D eigenvalue weighted by molar-refractivity contribution is -0.145. The molecule has 2 N–H and O–H groups in total. The normalized spacial score (nSPS) is 12.0. The molecule has 0 amide bonds. The van der Waals surface area contributed by atoms with Crippen molar-refractivity contribution in [3.8, 4) is 0 Å². The number of rotatable bonds is 5. The molecule has 1 rings (SSSR count). The fourth-order valence-electron chi connectivity index (χ4n) is 1.52. The van der Waals surface area contributed by atoms with Gasteiger partial charge in [-0.05, 0) is 18.1 Å². The molecule has 5 nitrogen and oxygen atoms in total. The van der Waals surface area contributed by atoms with Crippen LogP contribution in [0.4, 0.5) is 5.82 Å². The highest BCUT2D eigenvalue weighted by molar-refractivity contribution is 5.72. The van der Waals surface area contributed by atoms with Gasteiger partial charge in [0.1, 0.15) is 5.82 Å². The Kier molecular flexibility index (Phi) is 4.90. The van der Waals surface area contributed by atoms with E-state index in [1.807, 2.05) is 31.1 Å². The predicted molar refractivity (Wildman–Crippen MR) is 66.8 cm³/mol. The van der Waals surface area contributed by atoms with Crippen LogP contribution in [0, 0.1) is 5.92 Å². The molecule has 0 aliphatic carbocycles. The minimum Gasteiger partial charge on any atom is -0.469 e. The summed E-state index contributed by atoms with van der Waals surface area (Å²) in [5.74, 6) is 0.312. The molecule has 0 saturated carbocycles. The van der Waals surface area contributed by atoms with Gasteiger partial charge in [0, 0.05) is 26.8 Å². The van der Waals surface area contributed by atoms with E-state index in [9.17, 15) is 4.79 Å². The zero-order valence-corrected chi connectivity index (χ0v) is 10.5. The number of nitrogens with two attached hydrogens (primary N) is 1. The molecular weight excluding hydrogens is 218 g/mol. The van der Waals surface area contributed by atoms with Crippen molar-refractivity contribution in [3.63, 3.8) is 0 Å². The van der Waals surface area contributed by atoms with Gasteiger partial charge in [0.05, 0.1) is 13.0 Å². The Balaban J connectivity index is 2.70. The van der Waals surface area contributed by atoms with E-state index in [1.54, 1.807) is 6.20 Å². The van der Waals surface area contributed by atoms with Crippen LogP contribution >= 0.6 is 0 Å². The van der Waals surface area contributed by atoms with E-state index in [2.05, 4.69) is 9.72 Å². The number of hydrogen-bond donors (Lipinski definition) is 1. The maximum atomic E-state index is 11.4. The van der Waals surface area contributed by atoms with Crippen LogP contribution in [0.1, 0.15) is 5.56 Å². The van der Waals surface area contributed by atoms with Gasteiger partial charge in [0.15, 0.2) is 0 Å². The summed E-state index contributed by atoms with van der Waals surface area (Å²) < 4.78 is 4.69. The van der Waals surface area contributed by atoms with Crippen molar-refractivity contribution in [3.05, 3.63) is 23.9 Å². The first-order valence-electron chi connectivity index (χ1n) is 5.48. The molecular formula is C12H19N3O2. The number of aromatic nitrogens is 1. The van der Waals surface area contributed by atoms with Crippen LogP contribution in [-0.4, -0.2) is 38.7 Å². The fraction of sp³-hybridized carbons (Fsp3) is 0.500. The van der Waals surface area contributed by atoms with E-state index in [0.717, 1.165) is 11.4 Å². The van der Waals surface area contributed by atoms with E-state index in [4.69, 9.17) is 5.73 Å². The van der Waals surface area contributed by atoms with Crippen molar-refractivity contribution < 1.29 is 9.53 Å². The number of pyridine rings is 1. The molecule has 1 aromatic heterocycles. The van der Waals surface area contributed by atoms with Crippen molar-refractivity contribution in [2.24, 2.45) is 11.7 Å². The molecule has 0 bridgehead atoms. The van der Waals surface area contributed by atoms with Gasteiger partial charge in [-0.3, -0.25) is 4.79 Å². The molecule has 0 saturated heterocycles. The summed E-state index contributed by atoms with van der Waals surface area (Å²) >= 11 is 0. The average Bonchev–Trinajstić information content (AvgIpc) is 2.35. The highest BCUT2D eigenvalue weighted by Gasteiger charge is 2.17. The minimum atomic E-state index is -0.299. The lowest BCUT2D eigenvalue weighted by Crippen LogP contribution is -2.26. The quantitative estimate of drug-likeness (QED) is 0.752. The molecule has 0 aliphatic heterocycles. The van der Waals surface area contributed by atoms with E-state index in [-0.39, 0.29) is 18.4 Å². The van der Waals surface area contributed by atoms with Gasteiger partial charge in [-0.1, -0.05) is 6.07 Å². The Bertz CT molecular complexity index is 363. The summed E-state index contributed by atoms with van der Waals surface area (Å²) in [6.07, 6.45) is 2.32. The standard InChI is InChI=1S/C12H19N3O2/c1-15(2)11-5-4-9(8-14-11)6-10(7-13)12(16)17-3/h4-5,8,10H,6-7,13H2,1-3H3. The molecule has 0 aromatic carbocycles. The van der Waals surface area contributed by atoms with Gasteiger partial charge < -0.3 is 15.4 Å². The Morgan fingerprint density at radius 3 is 2.65 bits per heavy atom. The van der Waals surface area contributed by atoms with Gasteiger partial charge in [0.2, 0.25) is 0 Å². The summed E-state index contributed by atoms with van der Waals surface area (Å²) in [7, 11) is 5.23. The number of carbonyl (C=O) groups excluding carboxylic acids is 1. The maximum Gasteiger partial charge on any atom is 0.310 e. The van der Waals surface area contributed by atoms with Crippen LogP contribution in [0.5, 0.6) is 0 Å². The Morgan fingerprint density at radius 1 is 1.53 bits per heavy atom. The number of carbonyl (C=O) groups is 1. The zero-order valence-electron chi connectivity index (χ0n) is 10.5. The Hall–Kier alpha value is -1.62. The van der Waals surface area contributed by atoms with Gasteiger partial charge >= 0.3 is 5.97 Å². The third-order valence-electron chi connectivity index (χ3n) is 2.57. The molecule has 1 unspecified atom stereocenters. The zero-order chi connectivity index (χ0) is 12.8. The van der Waals surface area contributed by atoms with Crippen molar-refractivity contribution >= 4 is 11.8 Å². The molecule has 0 radical (unpaired) electrons. The van der Waals surface area contributed by atoms with Crippen LogP contribution < -0.4 is 10.6 Å². The summed E-state index contributed by atoms with van der Waals surface area (Å²) in [4.78, 5) is 17.6. The van der Waals surface area contributed by atoms with Crippen LogP contribution in [0.3, 0.4) is 0 Å². The van der Waals surface area contributed by atoms with E-state index in [1.165, 1.54) is 7.11 Å². The highest BCUT2D eigenvalue weighted by atomic mass is 16.5. The largest absolute Gasteiger partial charge is 0.469 e. The molecule has 0 fully saturated rings. The summed E-state index contributed by atoms with van der Waals surface area (Å²) in [6, 6.07) is 3.87. The fourth-order valence-corrected chi connectivity index (χ4v) is 1.52. The summed E-state index contributed by atoms with van der Waals surface area (Å²) in [6.45, 7) is 0.280. The monoisotopic (exact) mass is 237 g/mol. The lowest BCUT2D eigenvalue weighted by atomic mass is 10.0. The first kappa shape index (κ1) is 13.4. The number of hydrogen-bond acceptors (Lipinski definition) is 5. The van der Waals surface area contributed by atoms with Gasteiger partial charge in [-0.25, -0.2) is 4.98 Å². The third kappa shape index (κ3) is 3.71. The predicted octanol–water partition coefficient (Wildman–Crippen LogP) is 0.438. The Morgan fingerprint density at radius 2 is 2.24 bits per heavy atom. The average molecular weight is 237 g/mol. The lowest BCUT2D eigenvalue weighted by Gasteiger charge is -2.14. The smallest absolute Gasteiger partial charge is 0.310 e. The summed E-state index contributed by atoms with van der Waals surface area (Å²) in [5, 5.41) is 0. The van der Waals surface area contributed by atoms with Gasteiger partial charge in [-0.15, -0.1) is 0 Å². The van der Waals surface area contributed by atoms with E-state index in [0.29, 0.717) is 6.42 Å². The van der Waals surface area contributed by atoms with Crippen molar-refractivity contribution in [2.45, 2.75) is 6.42 Å². The first-order chi connectivity index (χ1) is 8.08. The molecule has 17 heavy (non-hydrogen) atoms. The number of methoxy groups -OCH3 is 1. The minimum absolute atomic E-state index is 0.274. The second-order valence-electron chi connectivity index (χ2n) is 4.08. The third-order valence-corrected chi connectivity index (χ3v) is 2.57. The second kappa shape index (κ2) is 6.20. The topological polar surface area (TPSA) is 68.5 Å². The van der Waals surface area contributed by atoms with E-state index < -0.39 is 0 Å². The molecule has 5 heteroatoms. The second-order valence-corrected chi connectivity index (χ2v) is 4.08. The molecule has 1 atom stereocenters. The molecule has 0 aliphatic rings. The van der Waals surface area contributed by atoms with Crippen LogP contribution in [-0.2, 0) is 16.0 Å². The highest BCUT2D eigenvalue weighted by Crippen LogP contribution is 2.12. The Labute approximate surface area is 102 Å². The SMILES string of the molecule is COC(=O)C(CN)Cc1ccc(N(C)C)nc1. The van der Waals surface area contributed by atoms with Crippen molar-refractivity contribution in [1.29, 1.82) is 0 Å². The maximum absolute atomic E-state index is 11.4. The summed E-state index contributed by atoms with van der Waals surface area (Å²) in [5.41, 5.74) is 6.53. The molecule has 0 spiro atoms. The van der Waals surface area contributed by atoms with Crippen LogP contribution in [0.15, 0.2) is 18.3 Å². The molecule has 94 valence electrons. The number of esters is 1.